The molecule has 1 aliphatic heterocycles. The van der Waals surface area contributed by atoms with E-state index >= 15 is 0 Å². The van der Waals surface area contributed by atoms with Crippen LogP contribution in [0, 0.1) is 0 Å². The normalized spacial score (nSPS) is 14.4. The molecule has 0 saturated carbocycles. The molecule has 0 amide bonds. The van der Waals surface area contributed by atoms with E-state index in [1.54, 1.807) is 0 Å². The summed E-state index contributed by atoms with van der Waals surface area (Å²) in [6, 6.07) is 15.1. The van der Waals surface area contributed by atoms with Crippen molar-refractivity contribution in [2.45, 2.75) is 39.3 Å². The van der Waals surface area contributed by atoms with Crippen LogP contribution in [0.5, 0.6) is 0 Å². The number of rotatable bonds is 5. The van der Waals surface area contributed by atoms with E-state index in [0.29, 0.717) is 0 Å². The Kier molecular flexibility index (Phi) is 4.90. The van der Waals surface area contributed by atoms with Gasteiger partial charge in [-0.2, -0.15) is 0 Å². The minimum Gasteiger partial charge on any atom is -0.293 e. The quantitative estimate of drug-likeness (QED) is 0.667. The molecule has 4 heteroatoms. The number of aryl methyl sites for hydroxylation is 1. The molecule has 128 valence electrons. The van der Waals surface area contributed by atoms with E-state index in [2.05, 4.69) is 59.3 Å². The van der Waals surface area contributed by atoms with Gasteiger partial charge in [0.1, 0.15) is 5.82 Å². The first-order chi connectivity index (χ1) is 12.3. The smallest absolute Gasteiger partial charge is 0.128 e. The Labute approximate surface area is 153 Å². The Bertz CT molecular complexity index is 841. The van der Waals surface area contributed by atoms with Crippen LogP contribution in [0.4, 0.5) is 0 Å². The maximum atomic E-state index is 4.75. The molecule has 3 heterocycles. The lowest BCUT2D eigenvalue weighted by molar-refractivity contribution is 0.244. The number of nitrogens with zero attached hydrogens (tertiary/aromatic N) is 3. The van der Waals surface area contributed by atoms with Crippen LogP contribution in [0.15, 0.2) is 48.7 Å². The fourth-order valence-electron chi connectivity index (χ4n) is 3.34. The molecule has 25 heavy (non-hydrogen) atoms. The van der Waals surface area contributed by atoms with Crippen LogP contribution >= 0.6 is 11.3 Å². The van der Waals surface area contributed by atoms with Crippen molar-refractivity contribution in [3.05, 3.63) is 70.6 Å². The summed E-state index contributed by atoms with van der Waals surface area (Å²) >= 11 is 1.90. The molecule has 0 radical (unpaired) electrons. The first-order valence-corrected chi connectivity index (χ1v) is 9.83. The number of benzene rings is 1. The van der Waals surface area contributed by atoms with E-state index in [0.717, 1.165) is 44.7 Å². The summed E-state index contributed by atoms with van der Waals surface area (Å²) in [6.45, 7) is 5.22. The van der Waals surface area contributed by atoms with Crippen molar-refractivity contribution in [1.29, 1.82) is 0 Å². The number of hydrogen-bond donors (Lipinski definition) is 0. The topological polar surface area (TPSA) is 29.0 Å². The van der Waals surface area contributed by atoms with Gasteiger partial charge in [-0.15, -0.1) is 11.3 Å². The second-order valence-corrected chi connectivity index (χ2v) is 7.77. The molecule has 0 bridgehead atoms. The van der Waals surface area contributed by atoms with Crippen LogP contribution in [-0.4, -0.2) is 21.4 Å². The van der Waals surface area contributed by atoms with Gasteiger partial charge in [-0.3, -0.25) is 4.90 Å². The second-order valence-electron chi connectivity index (χ2n) is 6.60. The molecule has 4 rings (SSSR count). The van der Waals surface area contributed by atoms with Gasteiger partial charge in [-0.1, -0.05) is 37.3 Å². The maximum Gasteiger partial charge on any atom is 0.128 e. The fourth-order valence-corrected chi connectivity index (χ4v) is 4.39. The zero-order valence-corrected chi connectivity index (χ0v) is 15.4. The molecule has 0 spiro atoms. The van der Waals surface area contributed by atoms with Crippen LogP contribution in [0.1, 0.15) is 35.3 Å². The summed E-state index contributed by atoms with van der Waals surface area (Å²) in [5.41, 5.74) is 3.86. The molecule has 3 nitrogen and oxygen atoms in total. The van der Waals surface area contributed by atoms with Crippen LogP contribution in [-0.2, 0) is 25.9 Å². The van der Waals surface area contributed by atoms with Gasteiger partial charge in [0.05, 0.1) is 0 Å². The SMILES string of the molecule is CCCc1ncc2c(n1)CCN(Cc1ccc(-c3ccccc3)s1)C2. The minimum absolute atomic E-state index is 0.959. The lowest BCUT2D eigenvalue weighted by atomic mass is 10.1. The lowest BCUT2D eigenvalue weighted by Gasteiger charge is -2.27. The molecule has 0 fully saturated rings. The second kappa shape index (κ2) is 7.46. The largest absolute Gasteiger partial charge is 0.293 e. The Hall–Kier alpha value is -2.04. The molecule has 0 saturated heterocycles. The third kappa shape index (κ3) is 3.80. The highest BCUT2D eigenvalue weighted by Gasteiger charge is 2.19. The highest BCUT2D eigenvalue weighted by atomic mass is 32.1. The number of thiophene rings is 1. The molecule has 2 aromatic heterocycles. The third-order valence-electron chi connectivity index (χ3n) is 4.64. The van der Waals surface area contributed by atoms with Crippen molar-refractivity contribution in [1.82, 2.24) is 14.9 Å². The van der Waals surface area contributed by atoms with E-state index in [-0.39, 0.29) is 0 Å². The Morgan fingerprint density at radius 1 is 1.12 bits per heavy atom. The van der Waals surface area contributed by atoms with E-state index in [9.17, 15) is 0 Å². The van der Waals surface area contributed by atoms with Gasteiger partial charge in [0.25, 0.3) is 0 Å². The molecule has 0 atom stereocenters. The van der Waals surface area contributed by atoms with Gasteiger partial charge in [-0.05, 0) is 24.1 Å². The van der Waals surface area contributed by atoms with Crippen LogP contribution in [0.25, 0.3) is 10.4 Å². The number of fused-ring (bicyclic) bond motifs is 1. The van der Waals surface area contributed by atoms with Crippen LogP contribution in [0.2, 0.25) is 0 Å². The average molecular weight is 350 g/mol. The molecule has 0 N–H and O–H groups in total. The lowest BCUT2D eigenvalue weighted by Crippen LogP contribution is -2.30. The molecule has 0 unspecified atom stereocenters. The summed E-state index contributed by atoms with van der Waals surface area (Å²) in [5.74, 6) is 1.00. The van der Waals surface area contributed by atoms with Gasteiger partial charge in [0, 0.05) is 59.7 Å². The number of aromatic nitrogens is 2. The highest BCUT2D eigenvalue weighted by molar-refractivity contribution is 7.15. The van der Waals surface area contributed by atoms with Crippen molar-refractivity contribution in [3.63, 3.8) is 0 Å². The van der Waals surface area contributed by atoms with E-state index in [1.807, 2.05) is 17.5 Å². The van der Waals surface area contributed by atoms with Crippen molar-refractivity contribution >= 4 is 11.3 Å². The van der Waals surface area contributed by atoms with Crippen LogP contribution in [0.3, 0.4) is 0 Å². The maximum absolute atomic E-state index is 4.75. The average Bonchev–Trinajstić information content (AvgIpc) is 3.11. The molecular formula is C21H23N3S. The standard InChI is InChI=1S/C21H23N3S/c1-2-6-21-22-13-17-14-24(12-11-19(17)23-21)15-18-9-10-20(25-18)16-7-4-3-5-8-16/h3-5,7-10,13H,2,6,11-12,14-15H2,1H3. The third-order valence-corrected chi connectivity index (χ3v) is 5.75. The minimum atomic E-state index is 0.959. The Morgan fingerprint density at radius 3 is 2.84 bits per heavy atom. The van der Waals surface area contributed by atoms with Crippen molar-refractivity contribution < 1.29 is 0 Å². The summed E-state index contributed by atoms with van der Waals surface area (Å²) in [6.07, 6.45) is 5.16. The zero-order valence-electron chi connectivity index (χ0n) is 14.6. The van der Waals surface area contributed by atoms with Gasteiger partial charge in [0.2, 0.25) is 0 Å². The summed E-state index contributed by atoms with van der Waals surface area (Å²) in [7, 11) is 0. The molecular weight excluding hydrogens is 326 g/mol. The predicted molar refractivity (Wildman–Crippen MR) is 104 cm³/mol. The van der Waals surface area contributed by atoms with E-state index < -0.39 is 0 Å². The van der Waals surface area contributed by atoms with Gasteiger partial charge >= 0.3 is 0 Å². The first-order valence-electron chi connectivity index (χ1n) is 9.02. The van der Waals surface area contributed by atoms with Crippen molar-refractivity contribution in [2.75, 3.05) is 6.54 Å². The summed E-state index contributed by atoms with van der Waals surface area (Å²) in [4.78, 5) is 14.6. The molecule has 3 aromatic rings. The van der Waals surface area contributed by atoms with Gasteiger partial charge in [-0.25, -0.2) is 9.97 Å². The van der Waals surface area contributed by atoms with Gasteiger partial charge < -0.3 is 0 Å². The number of hydrogen-bond acceptors (Lipinski definition) is 4. The van der Waals surface area contributed by atoms with Crippen molar-refractivity contribution in [2.24, 2.45) is 0 Å². The molecule has 0 aliphatic carbocycles. The van der Waals surface area contributed by atoms with Crippen LogP contribution < -0.4 is 0 Å². The van der Waals surface area contributed by atoms with E-state index in [4.69, 9.17) is 4.98 Å². The molecule has 1 aliphatic rings. The zero-order chi connectivity index (χ0) is 17.1. The summed E-state index contributed by atoms with van der Waals surface area (Å²) in [5, 5.41) is 0. The van der Waals surface area contributed by atoms with Crippen molar-refractivity contribution in [3.8, 4) is 10.4 Å². The highest BCUT2D eigenvalue weighted by Crippen LogP contribution is 2.29. The molecule has 1 aromatic carbocycles. The Morgan fingerprint density at radius 2 is 2.00 bits per heavy atom. The Balaban J connectivity index is 1.44. The first kappa shape index (κ1) is 16.4. The van der Waals surface area contributed by atoms with E-state index in [1.165, 1.54) is 26.6 Å². The predicted octanol–water partition coefficient (Wildman–Crippen LogP) is 4.72. The summed E-state index contributed by atoms with van der Waals surface area (Å²) < 4.78 is 0. The monoisotopic (exact) mass is 349 g/mol. The van der Waals surface area contributed by atoms with Gasteiger partial charge in [0.15, 0.2) is 0 Å². The fraction of sp³-hybridized carbons (Fsp3) is 0.333.